The number of hydrogen-bond donors (Lipinski definition) is 1. The summed E-state index contributed by atoms with van der Waals surface area (Å²) in [7, 11) is -3.64. The van der Waals surface area contributed by atoms with Gasteiger partial charge in [-0.1, -0.05) is 54.0 Å². The molecule has 0 aliphatic rings. The zero-order chi connectivity index (χ0) is 18.4. The van der Waals surface area contributed by atoms with Crippen molar-refractivity contribution in [3.8, 4) is 5.75 Å². The van der Waals surface area contributed by atoms with Crippen LogP contribution in [0.2, 0.25) is 0 Å². The normalized spacial score (nSPS) is 11.7. The molecule has 2 rings (SSSR count). The molecule has 0 saturated carbocycles. The Morgan fingerprint density at radius 2 is 1.92 bits per heavy atom. The maximum absolute atomic E-state index is 13.8. The molecule has 25 heavy (non-hydrogen) atoms. The second-order valence-corrected chi connectivity index (χ2v) is 8.65. The Balaban J connectivity index is 1.88. The van der Waals surface area contributed by atoms with Crippen molar-refractivity contribution in [2.24, 2.45) is 0 Å². The smallest absolute Gasteiger partial charge is 0.216 e. The van der Waals surface area contributed by atoms with E-state index in [1.54, 1.807) is 6.07 Å². The number of halogens is 2. The van der Waals surface area contributed by atoms with Gasteiger partial charge in [-0.25, -0.2) is 17.5 Å². The Bertz CT molecular complexity index is 825. The van der Waals surface area contributed by atoms with Crippen LogP contribution in [0, 0.1) is 5.82 Å². The first-order chi connectivity index (χ1) is 11.8. The first kappa shape index (κ1) is 19.9. The van der Waals surface area contributed by atoms with Gasteiger partial charge >= 0.3 is 0 Å². The largest absolute Gasteiger partial charge is 0.492 e. The van der Waals surface area contributed by atoms with Crippen LogP contribution in [0.15, 0.2) is 46.9 Å². The molecule has 2 aromatic rings. The topological polar surface area (TPSA) is 55.4 Å². The van der Waals surface area contributed by atoms with Crippen LogP contribution in [-0.4, -0.2) is 21.6 Å². The molecule has 0 spiro atoms. The molecule has 0 unspecified atom stereocenters. The molecule has 1 N–H and O–H groups in total. The molecule has 0 amide bonds. The molecule has 0 aliphatic carbocycles. The fourth-order valence-corrected chi connectivity index (χ4v) is 3.81. The van der Waals surface area contributed by atoms with E-state index in [0.29, 0.717) is 10.4 Å². The standard InChI is InChI=1S/C18H21BrFNO3S/c1-13(2)16-5-3-4-6-18(16)24-10-9-21-25(22,23)12-14-7-8-15(19)11-17(14)20/h3-8,11,13,21H,9-10,12H2,1-2H3. The van der Waals surface area contributed by atoms with Crippen molar-refractivity contribution in [1.82, 2.24) is 4.72 Å². The van der Waals surface area contributed by atoms with E-state index < -0.39 is 21.6 Å². The average Bonchev–Trinajstić information content (AvgIpc) is 2.54. The highest BCUT2D eigenvalue weighted by molar-refractivity contribution is 9.10. The highest BCUT2D eigenvalue weighted by Gasteiger charge is 2.15. The molecule has 0 radical (unpaired) electrons. The molecule has 0 atom stereocenters. The number of nitrogens with one attached hydrogen (secondary N) is 1. The second kappa shape index (κ2) is 8.78. The van der Waals surface area contributed by atoms with E-state index in [1.807, 2.05) is 24.3 Å². The zero-order valence-electron chi connectivity index (χ0n) is 14.1. The first-order valence-electron chi connectivity index (χ1n) is 7.91. The average molecular weight is 430 g/mol. The minimum atomic E-state index is -3.64. The van der Waals surface area contributed by atoms with Gasteiger partial charge in [-0.2, -0.15) is 0 Å². The predicted octanol–water partition coefficient (Wildman–Crippen LogP) is 4.21. The quantitative estimate of drug-likeness (QED) is 0.639. The molecule has 0 aromatic heterocycles. The van der Waals surface area contributed by atoms with Gasteiger partial charge in [0, 0.05) is 16.6 Å². The fourth-order valence-electron chi connectivity index (χ4n) is 2.34. The summed E-state index contributed by atoms with van der Waals surface area (Å²) in [5.41, 5.74) is 1.20. The lowest BCUT2D eigenvalue weighted by molar-refractivity contribution is 0.318. The molecule has 7 heteroatoms. The first-order valence-corrected chi connectivity index (χ1v) is 10.4. The van der Waals surface area contributed by atoms with Gasteiger partial charge in [-0.3, -0.25) is 0 Å². The van der Waals surface area contributed by atoms with E-state index in [9.17, 15) is 12.8 Å². The molecule has 0 aliphatic heterocycles. The number of benzene rings is 2. The molecule has 0 fully saturated rings. The van der Waals surface area contributed by atoms with Gasteiger partial charge in [0.15, 0.2) is 0 Å². The van der Waals surface area contributed by atoms with E-state index >= 15 is 0 Å². The summed E-state index contributed by atoms with van der Waals surface area (Å²) in [5, 5.41) is 0. The van der Waals surface area contributed by atoms with Gasteiger partial charge in [-0.05, 0) is 29.7 Å². The molecular formula is C18H21BrFNO3S. The maximum atomic E-state index is 13.8. The van der Waals surface area contributed by atoms with Crippen molar-refractivity contribution < 1.29 is 17.5 Å². The monoisotopic (exact) mass is 429 g/mol. The zero-order valence-corrected chi connectivity index (χ0v) is 16.5. The molecular weight excluding hydrogens is 409 g/mol. The Morgan fingerprint density at radius 1 is 1.20 bits per heavy atom. The van der Waals surface area contributed by atoms with Gasteiger partial charge in [-0.15, -0.1) is 0 Å². The van der Waals surface area contributed by atoms with Gasteiger partial charge < -0.3 is 4.74 Å². The van der Waals surface area contributed by atoms with Crippen LogP contribution < -0.4 is 9.46 Å². The van der Waals surface area contributed by atoms with Gasteiger partial charge in [0.2, 0.25) is 10.0 Å². The Kier molecular flexibility index (Phi) is 6.98. The third kappa shape index (κ3) is 6.09. The van der Waals surface area contributed by atoms with E-state index in [2.05, 4.69) is 34.5 Å². The summed E-state index contributed by atoms with van der Waals surface area (Å²) < 4.78 is 46.6. The van der Waals surface area contributed by atoms with Crippen LogP contribution in [-0.2, 0) is 15.8 Å². The summed E-state index contributed by atoms with van der Waals surface area (Å²) in [6.45, 7) is 4.45. The Morgan fingerprint density at radius 3 is 2.60 bits per heavy atom. The van der Waals surface area contributed by atoms with Crippen LogP contribution in [0.25, 0.3) is 0 Å². The van der Waals surface area contributed by atoms with E-state index in [4.69, 9.17) is 4.74 Å². The van der Waals surface area contributed by atoms with Crippen LogP contribution in [0.4, 0.5) is 4.39 Å². The summed E-state index contributed by atoms with van der Waals surface area (Å²) in [6.07, 6.45) is 0. The third-order valence-corrected chi connectivity index (χ3v) is 5.41. The molecule has 0 heterocycles. The summed E-state index contributed by atoms with van der Waals surface area (Å²) in [5.74, 6) is 0.0973. The van der Waals surface area contributed by atoms with Crippen molar-refractivity contribution in [2.45, 2.75) is 25.5 Å². The minimum absolute atomic E-state index is 0.118. The molecule has 0 bridgehead atoms. The van der Waals surface area contributed by atoms with Gasteiger partial charge in [0.05, 0.1) is 5.75 Å². The molecule has 4 nitrogen and oxygen atoms in total. The highest BCUT2D eigenvalue weighted by Crippen LogP contribution is 2.25. The fraction of sp³-hybridized carbons (Fsp3) is 0.333. The third-order valence-electron chi connectivity index (χ3n) is 3.58. The number of para-hydroxylation sites is 1. The van der Waals surface area contributed by atoms with Crippen LogP contribution in [0.5, 0.6) is 5.75 Å². The van der Waals surface area contributed by atoms with E-state index in [1.165, 1.54) is 12.1 Å². The van der Waals surface area contributed by atoms with Gasteiger partial charge in [0.25, 0.3) is 0 Å². The number of hydrogen-bond acceptors (Lipinski definition) is 3. The van der Waals surface area contributed by atoms with E-state index in [-0.39, 0.29) is 18.7 Å². The Labute approximate surface area is 156 Å². The predicted molar refractivity (Wildman–Crippen MR) is 101 cm³/mol. The minimum Gasteiger partial charge on any atom is -0.492 e. The maximum Gasteiger partial charge on any atom is 0.216 e. The SMILES string of the molecule is CC(C)c1ccccc1OCCNS(=O)(=O)Cc1ccc(Br)cc1F. The second-order valence-electron chi connectivity index (χ2n) is 5.93. The van der Waals surface area contributed by atoms with E-state index in [0.717, 1.165) is 11.3 Å². The molecule has 2 aromatic carbocycles. The van der Waals surface area contributed by atoms with Crippen LogP contribution in [0.3, 0.4) is 0 Å². The number of ether oxygens (including phenoxy) is 1. The van der Waals surface area contributed by atoms with Crippen molar-refractivity contribution in [2.75, 3.05) is 13.2 Å². The summed E-state index contributed by atoms with van der Waals surface area (Å²) >= 11 is 3.14. The molecule has 136 valence electrons. The number of rotatable bonds is 8. The van der Waals surface area contributed by atoms with Crippen molar-refractivity contribution in [3.63, 3.8) is 0 Å². The summed E-state index contributed by atoms with van der Waals surface area (Å²) in [6, 6.07) is 12.0. The molecule has 0 saturated heterocycles. The Hall–Kier alpha value is -1.44. The highest BCUT2D eigenvalue weighted by atomic mass is 79.9. The van der Waals surface area contributed by atoms with Crippen molar-refractivity contribution in [1.29, 1.82) is 0 Å². The van der Waals surface area contributed by atoms with Gasteiger partial charge in [0.1, 0.15) is 18.2 Å². The van der Waals surface area contributed by atoms with Crippen LogP contribution in [0.1, 0.15) is 30.9 Å². The lowest BCUT2D eigenvalue weighted by Crippen LogP contribution is -2.29. The lowest BCUT2D eigenvalue weighted by Gasteiger charge is -2.14. The van der Waals surface area contributed by atoms with Crippen molar-refractivity contribution >= 4 is 26.0 Å². The summed E-state index contributed by atoms with van der Waals surface area (Å²) in [4.78, 5) is 0. The lowest BCUT2D eigenvalue weighted by atomic mass is 10.0. The van der Waals surface area contributed by atoms with Crippen LogP contribution >= 0.6 is 15.9 Å². The van der Waals surface area contributed by atoms with Crippen molar-refractivity contribution in [3.05, 3.63) is 63.9 Å². The number of sulfonamides is 1.